The Labute approximate surface area is 179 Å². The van der Waals surface area contributed by atoms with Crippen molar-refractivity contribution in [1.82, 2.24) is 14.9 Å². The predicted octanol–water partition coefficient (Wildman–Crippen LogP) is 4.62. The number of thioether (sulfide) groups is 1. The Morgan fingerprint density at radius 3 is 2.73 bits per heavy atom. The van der Waals surface area contributed by atoms with Gasteiger partial charge >= 0.3 is 0 Å². The van der Waals surface area contributed by atoms with E-state index in [0.717, 1.165) is 25.7 Å². The van der Waals surface area contributed by atoms with E-state index in [4.69, 9.17) is 0 Å². The van der Waals surface area contributed by atoms with E-state index in [1.165, 1.54) is 22.4 Å². The van der Waals surface area contributed by atoms with Gasteiger partial charge in [-0.05, 0) is 43.2 Å². The average molecular weight is 428 g/mol. The molecular weight excluding hydrogens is 401 g/mol. The van der Waals surface area contributed by atoms with Gasteiger partial charge in [0.25, 0.3) is 5.56 Å². The molecule has 0 spiro atoms. The molecule has 0 aliphatic heterocycles. The predicted molar refractivity (Wildman–Crippen MR) is 120 cm³/mol. The van der Waals surface area contributed by atoms with E-state index >= 15 is 0 Å². The zero-order valence-electron chi connectivity index (χ0n) is 17.3. The van der Waals surface area contributed by atoms with Crippen LogP contribution in [0.2, 0.25) is 0 Å². The van der Waals surface area contributed by atoms with Gasteiger partial charge in [0, 0.05) is 6.54 Å². The van der Waals surface area contributed by atoms with Crippen molar-refractivity contribution in [2.45, 2.75) is 44.7 Å². The molecule has 5 nitrogen and oxygen atoms in total. The van der Waals surface area contributed by atoms with Crippen molar-refractivity contribution < 1.29 is 9.18 Å². The number of hydrogen-bond acceptors (Lipinski definition) is 4. The van der Waals surface area contributed by atoms with Crippen molar-refractivity contribution in [2.24, 2.45) is 0 Å². The van der Waals surface area contributed by atoms with E-state index in [2.05, 4.69) is 17.2 Å². The van der Waals surface area contributed by atoms with Crippen molar-refractivity contribution >= 4 is 28.6 Å². The van der Waals surface area contributed by atoms with Crippen LogP contribution in [0.5, 0.6) is 0 Å². The van der Waals surface area contributed by atoms with E-state index in [1.807, 2.05) is 6.07 Å². The molecule has 0 aliphatic rings. The first-order chi connectivity index (χ1) is 14.5. The first-order valence-electron chi connectivity index (χ1n) is 10.2. The van der Waals surface area contributed by atoms with E-state index < -0.39 is 5.82 Å². The molecule has 1 amide bonds. The summed E-state index contributed by atoms with van der Waals surface area (Å²) >= 11 is 1.17. The molecule has 0 atom stereocenters. The highest BCUT2D eigenvalue weighted by Crippen LogP contribution is 2.22. The van der Waals surface area contributed by atoms with Crippen LogP contribution in [0.25, 0.3) is 16.6 Å². The number of rotatable bonds is 9. The van der Waals surface area contributed by atoms with Gasteiger partial charge in [0.15, 0.2) is 5.16 Å². The number of benzene rings is 2. The molecule has 3 aromatic rings. The number of nitrogens with one attached hydrogen (secondary N) is 1. The summed E-state index contributed by atoms with van der Waals surface area (Å²) in [5, 5.41) is 3.72. The summed E-state index contributed by atoms with van der Waals surface area (Å²) in [7, 11) is 0. The maximum absolute atomic E-state index is 14.2. The first kappa shape index (κ1) is 22.0. The molecule has 7 heteroatoms. The molecule has 0 unspecified atom stereocenters. The molecular formula is C23H26FN3O2S. The zero-order valence-corrected chi connectivity index (χ0v) is 18.1. The van der Waals surface area contributed by atoms with Crippen LogP contribution >= 0.6 is 11.8 Å². The average Bonchev–Trinajstić information content (AvgIpc) is 2.74. The van der Waals surface area contributed by atoms with Gasteiger partial charge in [-0.2, -0.15) is 0 Å². The Morgan fingerprint density at radius 1 is 1.17 bits per heavy atom. The normalized spacial score (nSPS) is 11.0. The minimum Gasteiger partial charge on any atom is -0.355 e. The minimum atomic E-state index is -0.395. The molecule has 158 valence electrons. The largest absolute Gasteiger partial charge is 0.355 e. The maximum Gasteiger partial charge on any atom is 0.266 e. The molecule has 1 heterocycles. The van der Waals surface area contributed by atoms with E-state index in [0.29, 0.717) is 33.9 Å². The zero-order chi connectivity index (χ0) is 21.5. The summed E-state index contributed by atoms with van der Waals surface area (Å²) in [6, 6.07) is 11.7. The number of aryl methyl sites for hydroxylation is 1. The number of fused-ring (bicyclic) bond motifs is 1. The van der Waals surface area contributed by atoms with E-state index in [-0.39, 0.29) is 17.2 Å². The van der Waals surface area contributed by atoms with Gasteiger partial charge < -0.3 is 5.32 Å². The number of carbonyl (C=O) groups excluding carboxylic acids is 1. The number of hydrogen-bond donors (Lipinski definition) is 1. The summed E-state index contributed by atoms with van der Waals surface area (Å²) in [5.74, 6) is -0.374. The number of para-hydroxylation sites is 1. The minimum absolute atomic E-state index is 0.111. The van der Waals surface area contributed by atoms with Gasteiger partial charge in [-0.3, -0.25) is 14.2 Å². The van der Waals surface area contributed by atoms with Crippen LogP contribution in [0, 0.1) is 12.7 Å². The van der Waals surface area contributed by atoms with Crippen LogP contribution in [0.3, 0.4) is 0 Å². The van der Waals surface area contributed by atoms with Crippen LogP contribution in [0.1, 0.15) is 38.2 Å². The number of amides is 1. The third kappa shape index (κ3) is 5.27. The van der Waals surface area contributed by atoms with Crippen LogP contribution in [0.4, 0.5) is 4.39 Å². The van der Waals surface area contributed by atoms with Gasteiger partial charge in [0.2, 0.25) is 5.91 Å². The highest BCUT2D eigenvalue weighted by molar-refractivity contribution is 7.99. The first-order valence-corrected chi connectivity index (χ1v) is 11.2. The second-order valence-electron chi connectivity index (χ2n) is 7.18. The lowest BCUT2D eigenvalue weighted by Gasteiger charge is -2.14. The highest BCUT2D eigenvalue weighted by atomic mass is 32.2. The molecule has 0 fully saturated rings. The third-order valence-corrected chi connectivity index (χ3v) is 5.78. The lowest BCUT2D eigenvalue weighted by Crippen LogP contribution is -2.27. The molecule has 0 radical (unpaired) electrons. The second kappa shape index (κ2) is 10.4. The highest BCUT2D eigenvalue weighted by Gasteiger charge is 2.15. The summed E-state index contributed by atoms with van der Waals surface area (Å²) in [4.78, 5) is 30.0. The Bertz CT molecular complexity index is 1100. The van der Waals surface area contributed by atoms with E-state index in [1.54, 1.807) is 37.3 Å². The molecule has 0 aliphatic carbocycles. The van der Waals surface area contributed by atoms with Gasteiger partial charge in [-0.1, -0.05) is 56.1 Å². The molecule has 1 N–H and O–H groups in total. The summed E-state index contributed by atoms with van der Waals surface area (Å²) in [5.41, 5.74) is 1.15. The molecule has 30 heavy (non-hydrogen) atoms. The molecule has 3 rings (SSSR count). The monoisotopic (exact) mass is 427 g/mol. The number of unbranched alkanes of at least 4 members (excludes halogenated alkanes) is 3. The fourth-order valence-corrected chi connectivity index (χ4v) is 3.96. The van der Waals surface area contributed by atoms with Gasteiger partial charge in [0.05, 0.1) is 22.3 Å². The van der Waals surface area contributed by atoms with Gasteiger partial charge in [0.1, 0.15) is 5.82 Å². The molecule has 0 saturated carbocycles. The number of carbonyl (C=O) groups is 1. The van der Waals surface area contributed by atoms with Gasteiger partial charge in [-0.15, -0.1) is 0 Å². The van der Waals surface area contributed by atoms with Crippen molar-refractivity contribution in [3.05, 3.63) is 64.2 Å². The fourth-order valence-electron chi connectivity index (χ4n) is 3.12. The third-order valence-electron chi connectivity index (χ3n) is 4.84. The van der Waals surface area contributed by atoms with Crippen LogP contribution < -0.4 is 10.9 Å². The number of nitrogens with zero attached hydrogens (tertiary/aromatic N) is 2. The van der Waals surface area contributed by atoms with Crippen LogP contribution in [0.15, 0.2) is 52.4 Å². The lowest BCUT2D eigenvalue weighted by molar-refractivity contribution is -0.118. The van der Waals surface area contributed by atoms with Crippen molar-refractivity contribution in [3.63, 3.8) is 0 Å². The summed E-state index contributed by atoms with van der Waals surface area (Å²) < 4.78 is 15.6. The Hall–Kier alpha value is -2.67. The Balaban J connectivity index is 1.86. The smallest absolute Gasteiger partial charge is 0.266 e. The van der Waals surface area contributed by atoms with Crippen LogP contribution in [-0.4, -0.2) is 27.8 Å². The van der Waals surface area contributed by atoms with Crippen molar-refractivity contribution in [2.75, 3.05) is 12.3 Å². The topological polar surface area (TPSA) is 64.0 Å². The second-order valence-corrected chi connectivity index (χ2v) is 8.13. The Morgan fingerprint density at radius 2 is 1.97 bits per heavy atom. The molecule has 2 aromatic carbocycles. The lowest BCUT2D eigenvalue weighted by atomic mass is 10.2. The van der Waals surface area contributed by atoms with Gasteiger partial charge in [-0.25, -0.2) is 9.37 Å². The Kier molecular flexibility index (Phi) is 7.63. The number of halogens is 1. The molecule has 1 aromatic heterocycles. The van der Waals surface area contributed by atoms with Crippen molar-refractivity contribution in [1.29, 1.82) is 0 Å². The van der Waals surface area contributed by atoms with Crippen molar-refractivity contribution in [3.8, 4) is 5.69 Å². The standard InChI is InChI=1S/C23H26FN3O2S/c1-3-4-5-8-13-25-21(28)15-30-23-26-20-10-7-6-9-18(20)22(29)27(23)17-12-11-16(2)19(24)14-17/h6-7,9-12,14H,3-5,8,13,15H2,1-2H3,(H,25,28). The quantitative estimate of drug-likeness (QED) is 0.307. The molecule has 0 bridgehead atoms. The number of aromatic nitrogens is 2. The molecule has 0 saturated heterocycles. The van der Waals surface area contributed by atoms with Crippen LogP contribution in [-0.2, 0) is 4.79 Å². The maximum atomic E-state index is 14.2. The fraction of sp³-hybridized carbons (Fsp3) is 0.348. The SMILES string of the molecule is CCCCCCNC(=O)CSc1nc2ccccc2c(=O)n1-c1ccc(C)c(F)c1. The summed E-state index contributed by atoms with van der Waals surface area (Å²) in [6.45, 7) is 4.45. The summed E-state index contributed by atoms with van der Waals surface area (Å²) in [6.07, 6.45) is 4.35. The van der Waals surface area contributed by atoms with E-state index in [9.17, 15) is 14.0 Å².